The molecule has 0 aliphatic rings. The highest BCUT2D eigenvalue weighted by atomic mass is 16.5. The lowest BCUT2D eigenvalue weighted by molar-refractivity contribution is -0.106. The van der Waals surface area contributed by atoms with Gasteiger partial charge in [0, 0.05) is 18.5 Å². The Morgan fingerprint density at radius 1 is 1.33 bits per heavy atom. The number of urea groups is 1. The van der Waals surface area contributed by atoms with E-state index >= 15 is 0 Å². The first-order valence-corrected chi connectivity index (χ1v) is 8.50. The number of hydrogen-bond donors (Lipinski definition) is 1. The third kappa shape index (κ3) is 3.89. The number of benzene rings is 1. The molecule has 0 atom stereocenters. The van der Waals surface area contributed by atoms with Crippen LogP contribution in [-0.4, -0.2) is 33.3 Å². The maximum Gasteiger partial charge on any atom is 0.333 e. The highest BCUT2D eigenvalue weighted by Gasteiger charge is 2.17. The van der Waals surface area contributed by atoms with Crippen molar-refractivity contribution in [2.24, 2.45) is 7.05 Å². The number of aromatic nitrogens is 3. The fourth-order valence-corrected chi connectivity index (χ4v) is 2.76. The number of nitrogens with zero attached hydrogens (tertiary/aromatic N) is 4. The van der Waals surface area contributed by atoms with Crippen LogP contribution in [-0.2, 0) is 11.8 Å². The molecule has 3 aromatic rings. The standard InChI is InChI=1S/C19H21N5O3/c1-12(2)27-16-7-5-6-15(9-16)24(11-25)19(26)21-14-8-17-13(3)22-23(4)18(17)20-10-14/h5-12H,1-4H3,(H,21,26). The summed E-state index contributed by atoms with van der Waals surface area (Å²) < 4.78 is 7.29. The van der Waals surface area contributed by atoms with E-state index in [0.717, 1.165) is 21.6 Å². The van der Waals surface area contributed by atoms with Crippen molar-refractivity contribution in [1.29, 1.82) is 0 Å². The van der Waals surface area contributed by atoms with Crippen molar-refractivity contribution in [3.05, 3.63) is 42.2 Å². The topological polar surface area (TPSA) is 89.4 Å². The van der Waals surface area contributed by atoms with Crippen molar-refractivity contribution in [1.82, 2.24) is 14.8 Å². The predicted molar refractivity (Wildman–Crippen MR) is 103 cm³/mol. The maximum atomic E-state index is 12.6. The summed E-state index contributed by atoms with van der Waals surface area (Å²) in [5.74, 6) is 0.580. The highest BCUT2D eigenvalue weighted by Crippen LogP contribution is 2.23. The van der Waals surface area contributed by atoms with E-state index in [2.05, 4.69) is 15.4 Å². The van der Waals surface area contributed by atoms with Gasteiger partial charge in [-0.05, 0) is 39.0 Å². The molecule has 0 fully saturated rings. The molecule has 2 aromatic heterocycles. The molecule has 0 saturated carbocycles. The largest absolute Gasteiger partial charge is 0.491 e. The second kappa shape index (κ2) is 7.45. The van der Waals surface area contributed by atoms with Gasteiger partial charge in [-0.1, -0.05) is 6.07 Å². The van der Waals surface area contributed by atoms with Gasteiger partial charge < -0.3 is 10.1 Å². The fourth-order valence-electron chi connectivity index (χ4n) is 2.76. The molecule has 3 rings (SSSR count). The molecule has 0 saturated heterocycles. The number of carbonyl (C=O) groups excluding carboxylic acids is 2. The molecule has 3 amide bonds. The molecule has 0 bridgehead atoms. The normalized spacial score (nSPS) is 10.9. The summed E-state index contributed by atoms with van der Waals surface area (Å²) in [7, 11) is 1.81. The van der Waals surface area contributed by atoms with Gasteiger partial charge >= 0.3 is 6.03 Å². The fraction of sp³-hybridized carbons (Fsp3) is 0.263. The minimum Gasteiger partial charge on any atom is -0.491 e. The number of pyridine rings is 1. The second-order valence-corrected chi connectivity index (χ2v) is 6.37. The quantitative estimate of drug-likeness (QED) is 0.699. The molecular weight excluding hydrogens is 346 g/mol. The number of nitrogens with one attached hydrogen (secondary N) is 1. The van der Waals surface area contributed by atoms with Gasteiger partial charge in [0.25, 0.3) is 0 Å². The SMILES string of the molecule is Cc1nn(C)c2ncc(NC(=O)N(C=O)c3cccc(OC(C)C)c3)cc12. The number of anilines is 2. The Balaban J connectivity index is 1.83. The molecule has 0 aliphatic carbocycles. The van der Waals surface area contributed by atoms with E-state index < -0.39 is 6.03 Å². The molecule has 2 heterocycles. The van der Waals surface area contributed by atoms with Gasteiger partial charge in [0.1, 0.15) is 5.75 Å². The zero-order chi connectivity index (χ0) is 19.6. The molecule has 27 heavy (non-hydrogen) atoms. The van der Waals surface area contributed by atoms with E-state index in [-0.39, 0.29) is 6.10 Å². The Bertz CT molecular complexity index is 996. The molecule has 8 heteroatoms. The van der Waals surface area contributed by atoms with Gasteiger partial charge in [0.05, 0.1) is 29.4 Å². The van der Waals surface area contributed by atoms with Crippen molar-refractivity contribution in [3.63, 3.8) is 0 Å². The van der Waals surface area contributed by atoms with Gasteiger partial charge in [0.15, 0.2) is 5.65 Å². The second-order valence-electron chi connectivity index (χ2n) is 6.37. The van der Waals surface area contributed by atoms with Crippen molar-refractivity contribution < 1.29 is 14.3 Å². The summed E-state index contributed by atoms with van der Waals surface area (Å²) in [6.45, 7) is 5.68. The summed E-state index contributed by atoms with van der Waals surface area (Å²) in [6.07, 6.45) is 1.98. The molecule has 0 spiro atoms. The summed E-state index contributed by atoms with van der Waals surface area (Å²) in [4.78, 5) is 29.4. The average molecular weight is 367 g/mol. The lowest BCUT2D eigenvalue weighted by Crippen LogP contribution is -2.33. The van der Waals surface area contributed by atoms with Crippen LogP contribution in [0.4, 0.5) is 16.2 Å². The number of aryl methyl sites for hydroxylation is 2. The van der Waals surface area contributed by atoms with Crippen LogP contribution in [0.2, 0.25) is 0 Å². The molecule has 0 radical (unpaired) electrons. The van der Waals surface area contributed by atoms with E-state index in [1.165, 1.54) is 6.20 Å². The Morgan fingerprint density at radius 3 is 2.81 bits per heavy atom. The van der Waals surface area contributed by atoms with Crippen molar-refractivity contribution in [2.45, 2.75) is 26.9 Å². The van der Waals surface area contributed by atoms with Crippen molar-refractivity contribution >= 4 is 34.8 Å². The van der Waals surface area contributed by atoms with E-state index in [4.69, 9.17) is 4.74 Å². The minimum absolute atomic E-state index is 0.0146. The van der Waals surface area contributed by atoms with Crippen molar-refractivity contribution in [3.8, 4) is 5.75 Å². The number of amides is 3. The van der Waals surface area contributed by atoms with E-state index in [1.54, 1.807) is 42.1 Å². The number of carbonyl (C=O) groups is 2. The molecule has 0 unspecified atom stereocenters. The Labute approximate surface area is 156 Å². The van der Waals surface area contributed by atoms with Crippen LogP contribution >= 0.6 is 0 Å². The molecule has 140 valence electrons. The van der Waals surface area contributed by atoms with Crippen LogP contribution in [0.5, 0.6) is 5.75 Å². The molecule has 8 nitrogen and oxygen atoms in total. The van der Waals surface area contributed by atoms with Gasteiger partial charge in [0.2, 0.25) is 6.41 Å². The third-order valence-corrected chi connectivity index (χ3v) is 3.91. The van der Waals surface area contributed by atoms with Crippen LogP contribution in [0.15, 0.2) is 36.5 Å². The Kier molecular flexibility index (Phi) is 5.07. The van der Waals surface area contributed by atoms with Gasteiger partial charge in [-0.3, -0.25) is 9.48 Å². The number of ether oxygens (including phenoxy) is 1. The first-order valence-electron chi connectivity index (χ1n) is 8.50. The average Bonchev–Trinajstić information content (AvgIpc) is 2.89. The lowest BCUT2D eigenvalue weighted by atomic mass is 10.2. The Hall–Kier alpha value is -3.42. The maximum absolute atomic E-state index is 12.6. The van der Waals surface area contributed by atoms with Crippen LogP contribution in [0.1, 0.15) is 19.5 Å². The summed E-state index contributed by atoms with van der Waals surface area (Å²) >= 11 is 0. The van der Waals surface area contributed by atoms with Crippen LogP contribution in [0, 0.1) is 6.92 Å². The Morgan fingerprint density at radius 2 is 2.11 bits per heavy atom. The van der Waals surface area contributed by atoms with Crippen molar-refractivity contribution in [2.75, 3.05) is 10.2 Å². The molecule has 1 N–H and O–H groups in total. The number of imide groups is 1. The molecular formula is C19H21N5O3. The monoisotopic (exact) mass is 367 g/mol. The zero-order valence-electron chi connectivity index (χ0n) is 15.6. The number of rotatable bonds is 5. The molecule has 0 aliphatic heterocycles. The summed E-state index contributed by atoms with van der Waals surface area (Å²) in [6, 6.07) is 7.99. The van der Waals surface area contributed by atoms with Gasteiger partial charge in [-0.15, -0.1) is 0 Å². The molecule has 1 aromatic carbocycles. The van der Waals surface area contributed by atoms with E-state index in [0.29, 0.717) is 23.5 Å². The van der Waals surface area contributed by atoms with Crippen LogP contribution in [0.3, 0.4) is 0 Å². The highest BCUT2D eigenvalue weighted by molar-refractivity contribution is 6.12. The van der Waals surface area contributed by atoms with E-state index in [9.17, 15) is 9.59 Å². The minimum atomic E-state index is -0.589. The smallest absolute Gasteiger partial charge is 0.333 e. The zero-order valence-corrected chi connectivity index (χ0v) is 15.6. The van der Waals surface area contributed by atoms with Crippen LogP contribution < -0.4 is 15.0 Å². The summed E-state index contributed by atoms with van der Waals surface area (Å²) in [5.41, 5.74) is 2.41. The predicted octanol–water partition coefficient (Wildman–Crippen LogP) is 3.26. The van der Waals surface area contributed by atoms with E-state index in [1.807, 2.05) is 20.8 Å². The van der Waals surface area contributed by atoms with Gasteiger partial charge in [-0.25, -0.2) is 14.7 Å². The lowest BCUT2D eigenvalue weighted by Gasteiger charge is -2.18. The first kappa shape index (κ1) is 18.4. The first-order chi connectivity index (χ1) is 12.9. The van der Waals surface area contributed by atoms with Gasteiger partial charge in [-0.2, -0.15) is 5.10 Å². The van der Waals surface area contributed by atoms with Crippen LogP contribution in [0.25, 0.3) is 11.0 Å². The summed E-state index contributed by atoms with van der Waals surface area (Å²) in [5, 5.41) is 7.83. The number of hydrogen-bond acceptors (Lipinski definition) is 5. The number of fused-ring (bicyclic) bond motifs is 1. The third-order valence-electron chi connectivity index (χ3n) is 3.91.